The largest absolute Gasteiger partial charge is 0.324 e. The highest BCUT2D eigenvalue weighted by Crippen LogP contribution is 2.22. The molecule has 0 saturated carbocycles. The Hall–Kier alpha value is -3.06. The van der Waals surface area contributed by atoms with Crippen LogP contribution in [0.3, 0.4) is 0 Å². The van der Waals surface area contributed by atoms with Crippen molar-refractivity contribution in [2.24, 2.45) is 0 Å². The fourth-order valence-corrected chi connectivity index (χ4v) is 3.30. The Morgan fingerprint density at radius 1 is 1.14 bits per heavy atom. The van der Waals surface area contributed by atoms with Crippen molar-refractivity contribution in [2.45, 2.75) is 32.7 Å². The summed E-state index contributed by atoms with van der Waals surface area (Å²) in [6.45, 7) is 5.51. The number of benzene rings is 1. The van der Waals surface area contributed by atoms with E-state index in [0.29, 0.717) is 0 Å². The molecule has 1 aromatic heterocycles. The molecule has 1 saturated heterocycles. The fraction of sp³-hybridized carbons (Fsp3) is 0.333. The maximum Gasteiger partial charge on any atom is 0.320 e. The quantitative estimate of drug-likeness (QED) is 0.723. The van der Waals surface area contributed by atoms with Crippen molar-refractivity contribution in [3.05, 3.63) is 77.1 Å². The standard InChI is InChI=1S/C24H27N3O/c1-19-9-7-13-23(25-19)14-8-10-21-15-17-27(18-16-21)24(28)26(3)20(2)22-11-5-4-6-12-22/h4-7,9-13,20H,15-18H2,1-3H3. The maximum absolute atomic E-state index is 12.8. The van der Waals surface area contributed by atoms with Gasteiger partial charge in [0, 0.05) is 25.8 Å². The molecule has 4 nitrogen and oxygen atoms in total. The second-order valence-corrected chi connectivity index (χ2v) is 7.20. The highest BCUT2D eigenvalue weighted by molar-refractivity contribution is 5.75. The zero-order valence-corrected chi connectivity index (χ0v) is 16.9. The molecule has 0 bridgehead atoms. The van der Waals surface area contributed by atoms with E-state index >= 15 is 0 Å². The average molecular weight is 374 g/mol. The predicted molar refractivity (Wildman–Crippen MR) is 113 cm³/mol. The molecule has 1 aliphatic rings. The Morgan fingerprint density at radius 3 is 2.54 bits per heavy atom. The van der Waals surface area contributed by atoms with Crippen LogP contribution in [0, 0.1) is 18.8 Å². The molecule has 144 valence electrons. The molecule has 4 heteroatoms. The van der Waals surface area contributed by atoms with E-state index in [1.807, 2.05) is 66.2 Å². The van der Waals surface area contributed by atoms with Gasteiger partial charge in [-0.2, -0.15) is 0 Å². The van der Waals surface area contributed by atoms with E-state index in [4.69, 9.17) is 0 Å². The number of aromatic nitrogens is 1. The molecule has 3 rings (SSSR count). The molecular weight excluding hydrogens is 346 g/mol. The number of amides is 2. The van der Waals surface area contributed by atoms with Gasteiger partial charge in [0.05, 0.1) is 6.04 Å². The van der Waals surface area contributed by atoms with Crippen LogP contribution < -0.4 is 0 Å². The summed E-state index contributed by atoms with van der Waals surface area (Å²) in [7, 11) is 1.88. The van der Waals surface area contributed by atoms with Gasteiger partial charge in [-0.05, 0) is 56.4 Å². The van der Waals surface area contributed by atoms with Crippen molar-refractivity contribution in [1.29, 1.82) is 0 Å². The summed E-state index contributed by atoms with van der Waals surface area (Å²) in [5.41, 5.74) is 4.21. The summed E-state index contributed by atoms with van der Waals surface area (Å²) < 4.78 is 0. The lowest BCUT2D eigenvalue weighted by Crippen LogP contribution is -2.44. The van der Waals surface area contributed by atoms with Crippen LogP contribution in [0.1, 0.15) is 42.8 Å². The zero-order valence-electron chi connectivity index (χ0n) is 16.9. The number of piperidine rings is 1. The van der Waals surface area contributed by atoms with Gasteiger partial charge in [-0.1, -0.05) is 47.9 Å². The van der Waals surface area contributed by atoms with Gasteiger partial charge in [-0.15, -0.1) is 0 Å². The zero-order chi connectivity index (χ0) is 19.9. The molecule has 1 aromatic carbocycles. The molecule has 1 atom stereocenters. The number of aryl methyl sites for hydroxylation is 1. The number of likely N-dealkylation sites (tertiary alicyclic amines) is 1. The van der Waals surface area contributed by atoms with Crippen molar-refractivity contribution in [3.63, 3.8) is 0 Å². The first kappa shape index (κ1) is 19.7. The second kappa shape index (κ2) is 9.23. The number of carbonyl (C=O) groups excluding carboxylic acids is 1. The molecule has 1 aliphatic heterocycles. The third-order valence-electron chi connectivity index (χ3n) is 5.21. The molecule has 1 unspecified atom stereocenters. The van der Waals surface area contributed by atoms with Crippen molar-refractivity contribution in [2.75, 3.05) is 20.1 Å². The lowest BCUT2D eigenvalue weighted by molar-refractivity contribution is 0.146. The van der Waals surface area contributed by atoms with Gasteiger partial charge in [0.1, 0.15) is 5.69 Å². The van der Waals surface area contributed by atoms with Gasteiger partial charge in [-0.25, -0.2) is 9.78 Å². The normalized spacial score (nSPS) is 14.7. The molecule has 0 N–H and O–H groups in total. The minimum absolute atomic E-state index is 0.0540. The second-order valence-electron chi connectivity index (χ2n) is 7.20. The number of rotatable bonds is 2. The predicted octanol–water partition coefficient (Wildman–Crippen LogP) is 4.58. The van der Waals surface area contributed by atoms with Gasteiger partial charge >= 0.3 is 6.03 Å². The van der Waals surface area contributed by atoms with Gasteiger partial charge in [0.15, 0.2) is 0 Å². The number of nitrogens with zero attached hydrogens (tertiary/aromatic N) is 3. The molecule has 2 aromatic rings. The number of hydrogen-bond donors (Lipinski definition) is 0. The van der Waals surface area contributed by atoms with Crippen LogP contribution in [0.5, 0.6) is 0 Å². The summed E-state index contributed by atoms with van der Waals surface area (Å²) in [4.78, 5) is 21.0. The molecule has 1 fully saturated rings. The van der Waals surface area contributed by atoms with Crippen LogP contribution in [0.4, 0.5) is 4.79 Å². The van der Waals surface area contributed by atoms with Crippen molar-refractivity contribution >= 4 is 6.03 Å². The first-order chi connectivity index (χ1) is 13.5. The first-order valence-electron chi connectivity index (χ1n) is 9.74. The molecule has 28 heavy (non-hydrogen) atoms. The molecule has 0 spiro atoms. The van der Waals surface area contributed by atoms with E-state index in [9.17, 15) is 4.79 Å². The highest BCUT2D eigenvalue weighted by Gasteiger charge is 2.25. The average Bonchev–Trinajstić information content (AvgIpc) is 2.73. The number of carbonyl (C=O) groups is 1. The van der Waals surface area contributed by atoms with Crippen LogP contribution in [0.15, 0.2) is 60.2 Å². The molecular formula is C24H27N3O. The van der Waals surface area contributed by atoms with E-state index in [0.717, 1.165) is 42.9 Å². The number of pyridine rings is 1. The minimum Gasteiger partial charge on any atom is -0.324 e. The molecule has 2 amide bonds. The van der Waals surface area contributed by atoms with Crippen LogP contribution in [0.25, 0.3) is 0 Å². The Kier molecular flexibility index (Phi) is 6.49. The number of hydrogen-bond acceptors (Lipinski definition) is 2. The number of allylic oxidation sites excluding steroid dienone is 1. The van der Waals surface area contributed by atoms with Gasteiger partial charge < -0.3 is 9.80 Å². The first-order valence-corrected chi connectivity index (χ1v) is 9.74. The van der Waals surface area contributed by atoms with E-state index in [-0.39, 0.29) is 12.1 Å². The summed E-state index contributed by atoms with van der Waals surface area (Å²) in [6, 6.07) is 16.1. The van der Waals surface area contributed by atoms with Crippen molar-refractivity contribution in [1.82, 2.24) is 14.8 Å². The van der Waals surface area contributed by atoms with Crippen LogP contribution in [-0.2, 0) is 0 Å². The maximum atomic E-state index is 12.8. The van der Waals surface area contributed by atoms with Crippen LogP contribution in [-0.4, -0.2) is 41.0 Å². The topological polar surface area (TPSA) is 36.4 Å². The van der Waals surface area contributed by atoms with Crippen molar-refractivity contribution in [3.8, 4) is 11.8 Å². The van der Waals surface area contributed by atoms with E-state index in [1.165, 1.54) is 5.57 Å². The molecule has 0 aliphatic carbocycles. The van der Waals surface area contributed by atoms with E-state index in [2.05, 4.69) is 35.9 Å². The van der Waals surface area contributed by atoms with E-state index in [1.54, 1.807) is 0 Å². The minimum atomic E-state index is 0.0540. The summed E-state index contributed by atoms with van der Waals surface area (Å²) in [6.07, 6.45) is 3.73. The number of urea groups is 1. The van der Waals surface area contributed by atoms with E-state index < -0.39 is 0 Å². The monoisotopic (exact) mass is 373 g/mol. The summed E-state index contributed by atoms with van der Waals surface area (Å²) in [5, 5.41) is 0. The van der Waals surface area contributed by atoms with Crippen molar-refractivity contribution < 1.29 is 4.79 Å². The third kappa shape index (κ3) is 5.01. The van der Waals surface area contributed by atoms with Gasteiger partial charge in [0.2, 0.25) is 0 Å². The summed E-state index contributed by atoms with van der Waals surface area (Å²) in [5.74, 6) is 6.21. The lowest BCUT2D eigenvalue weighted by Gasteiger charge is -2.34. The Bertz CT molecular complexity index is 898. The third-order valence-corrected chi connectivity index (χ3v) is 5.21. The SMILES string of the molecule is Cc1cccc(C#CC=C2CCN(C(=O)N(C)C(C)c3ccccc3)CC2)n1. The fourth-order valence-electron chi connectivity index (χ4n) is 3.30. The van der Waals surface area contributed by atoms with Crippen LogP contribution >= 0.6 is 0 Å². The Morgan fingerprint density at radius 2 is 1.86 bits per heavy atom. The lowest BCUT2D eigenvalue weighted by atomic mass is 10.0. The Balaban J connectivity index is 1.55. The molecule has 0 radical (unpaired) electrons. The van der Waals surface area contributed by atoms with Gasteiger partial charge in [-0.3, -0.25) is 0 Å². The summed E-state index contributed by atoms with van der Waals surface area (Å²) >= 11 is 0. The van der Waals surface area contributed by atoms with Crippen LogP contribution in [0.2, 0.25) is 0 Å². The Labute approximate surface area is 167 Å². The van der Waals surface area contributed by atoms with Gasteiger partial charge in [0.25, 0.3) is 0 Å². The smallest absolute Gasteiger partial charge is 0.320 e. The molecule has 2 heterocycles. The highest BCUT2D eigenvalue weighted by atomic mass is 16.2.